The van der Waals surface area contributed by atoms with E-state index in [4.69, 9.17) is 0 Å². The fraction of sp³-hybridized carbons (Fsp3) is 0.467. The van der Waals surface area contributed by atoms with E-state index in [1.165, 1.54) is 0 Å². The molecule has 2 aromatic heterocycles. The molecule has 3 atom stereocenters. The summed E-state index contributed by atoms with van der Waals surface area (Å²) >= 11 is 6.90. The Morgan fingerprint density at radius 3 is 1.96 bits per heavy atom. The summed E-state index contributed by atoms with van der Waals surface area (Å²) in [4.78, 5) is 18.0. The SMILES string of the molecule is CN1CCN(c2ncc(Br)cc2NS(=O)(=O)C2CC2C2CN(C)CCN(c3ncc(Br)cc3NS(=O)(=O)c3ccccc3)C2)CC1. The van der Waals surface area contributed by atoms with Gasteiger partial charge < -0.3 is 19.6 Å². The fourth-order valence-electron chi connectivity index (χ4n) is 6.29. The summed E-state index contributed by atoms with van der Waals surface area (Å²) in [5, 5.41) is -0.542. The predicted molar refractivity (Wildman–Crippen MR) is 188 cm³/mol. The maximum Gasteiger partial charge on any atom is 0.262 e. The maximum atomic E-state index is 13.8. The number of hydrogen-bond acceptors (Lipinski definition) is 10. The minimum Gasteiger partial charge on any atom is -0.353 e. The largest absolute Gasteiger partial charge is 0.353 e. The quantitative estimate of drug-likeness (QED) is 0.330. The molecule has 46 heavy (non-hydrogen) atoms. The highest BCUT2D eigenvalue weighted by molar-refractivity contribution is 9.10. The lowest BCUT2D eigenvalue weighted by molar-refractivity contribution is 0.293. The molecule has 1 aromatic carbocycles. The molecule has 0 amide bonds. The highest BCUT2D eigenvalue weighted by Crippen LogP contribution is 2.46. The highest BCUT2D eigenvalue weighted by atomic mass is 79.9. The Bertz CT molecular complexity index is 1780. The number of pyridine rings is 2. The zero-order valence-electron chi connectivity index (χ0n) is 25.7. The topological polar surface area (TPSA) is 131 Å². The summed E-state index contributed by atoms with van der Waals surface area (Å²) in [6.45, 7) is 5.89. The smallest absolute Gasteiger partial charge is 0.262 e. The molecular weight excluding hydrogens is 760 g/mol. The number of nitrogens with one attached hydrogen (secondary N) is 2. The van der Waals surface area contributed by atoms with Crippen molar-refractivity contribution in [3.8, 4) is 0 Å². The standard InChI is InChI=1S/C30H38Br2N8O4S2/c1-37-8-11-39(12-9-37)29-26(14-22(31)17-33-29)36-46(43,44)28-16-25(28)21-19-38(2)10-13-40(20-21)30-27(15-23(32)18-34-30)35-45(41,42)24-6-4-3-5-7-24/h3-7,14-15,17-18,21,25,28,35-36H,8-13,16,19-20H2,1-2H3. The Labute approximate surface area is 287 Å². The molecule has 0 spiro atoms. The van der Waals surface area contributed by atoms with Gasteiger partial charge in [0.15, 0.2) is 11.6 Å². The molecule has 3 aromatic rings. The number of nitrogens with zero attached hydrogens (tertiary/aromatic N) is 6. The van der Waals surface area contributed by atoms with Crippen LogP contribution < -0.4 is 19.2 Å². The van der Waals surface area contributed by atoms with Crippen LogP contribution in [0.2, 0.25) is 0 Å². The van der Waals surface area contributed by atoms with Gasteiger partial charge in [0, 0.05) is 73.7 Å². The lowest BCUT2D eigenvalue weighted by Gasteiger charge is -2.34. The summed E-state index contributed by atoms with van der Waals surface area (Å²) < 4.78 is 61.1. The third kappa shape index (κ3) is 7.62. The first-order valence-electron chi connectivity index (χ1n) is 15.2. The molecule has 2 aliphatic heterocycles. The number of hydrogen-bond donors (Lipinski definition) is 2. The summed E-state index contributed by atoms with van der Waals surface area (Å²) in [6, 6.07) is 11.7. The van der Waals surface area contributed by atoms with Gasteiger partial charge in [-0.15, -0.1) is 0 Å². The van der Waals surface area contributed by atoms with Crippen molar-refractivity contribution in [1.29, 1.82) is 0 Å². The molecule has 2 N–H and O–H groups in total. The normalized spacial score (nSPS) is 23.2. The van der Waals surface area contributed by atoms with Crippen molar-refractivity contribution in [2.45, 2.75) is 16.6 Å². The van der Waals surface area contributed by atoms with Crippen LogP contribution in [0.1, 0.15) is 6.42 Å². The summed E-state index contributed by atoms with van der Waals surface area (Å²) in [6.07, 6.45) is 3.90. The van der Waals surface area contributed by atoms with E-state index in [2.05, 4.69) is 77.9 Å². The first kappa shape index (κ1) is 33.4. The van der Waals surface area contributed by atoms with Crippen molar-refractivity contribution in [2.75, 3.05) is 85.7 Å². The van der Waals surface area contributed by atoms with E-state index >= 15 is 0 Å². The second kappa shape index (κ2) is 13.5. The van der Waals surface area contributed by atoms with Crippen LogP contribution in [0.4, 0.5) is 23.0 Å². The molecule has 0 radical (unpaired) electrons. The van der Waals surface area contributed by atoms with E-state index in [0.29, 0.717) is 51.5 Å². The molecule has 4 heterocycles. The van der Waals surface area contributed by atoms with Gasteiger partial charge in [0.25, 0.3) is 10.0 Å². The highest BCUT2D eigenvalue weighted by Gasteiger charge is 2.52. The van der Waals surface area contributed by atoms with Crippen molar-refractivity contribution in [1.82, 2.24) is 19.8 Å². The number of anilines is 4. The zero-order valence-corrected chi connectivity index (χ0v) is 30.5. The van der Waals surface area contributed by atoms with E-state index in [0.717, 1.165) is 39.3 Å². The maximum absolute atomic E-state index is 13.8. The number of benzene rings is 1. The van der Waals surface area contributed by atoms with E-state index in [1.807, 2.05) is 7.05 Å². The number of piperazine rings is 1. The molecule has 1 saturated carbocycles. The minimum atomic E-state index is -3.85. The average molecular weight is 799 g/mol. The van der Waals surface area contributed by atoms with Gasteiger partial charge in [0.2, 0.25) is 10.0 Å². The van der Waals surface area contributed by atoms with Gasteiger partial charge in [-0.25, -0.2) is 26.8 Å². The van der Waals surface area contributed by atoms with Crippen molar-refractivity contribution in [3.63, 3.8) is 0 Å². The van der Waals surface area contributed by atoms with Gasteiger partial charge in [-0.05, 0) is 88.5 Å². The van der Waals surface area contributed by atoms with Crippen molar-refractivity contribution >= 4 is 74.9 Å². The summed E-state index contributed by atoms with van der Waals surface area (Å²) in [5.41, 5.74) is 0.848. The molecule has 12 nitrogen and oxygen atoms in total. The van der Waals surface area contributed by atoms with Crippen molar-refractivity contribution in [2.24, 2.45) is 11.8 Å². The predicted octanol–water partition coefficient (Wildman–Crippen LogP) is 3.75. The summed E-state index contributed by atoms with van der Waals surface area (Å²) in [5.74, 6) is 1.12. The number of sulfonamides is 2. The zero-order chi connectivity index (χ0) is 32.6. The third-order valence-electron chi connectivity index (χ3n) is 8.85. The van der Waals surface area contributed by atoms with Gasteiger partial charge in [-0.2, -0.15) is 0 Å². The van der Waals surface area contributed by atoms with Gasteiger partial charge in [0.1, 0.15) is 0 Å². The number of rotatable bonds is 9. The van der Waals surface area contributed by atoms with E-state index < -0.39 is 25.3 Å². The average Bonchev–Trinajstić information content (AvgIpc) is 3.84. The number of halogens is 2. The summed E-state index contributed by atoms with van der Waals surface area (Å²) in [7, 11) is -3.45. The number of likely N-dealkylation sites (N-methyl/N-ethyl adjacent to an activating group) is 2. The van der Waals surface area contributed by atoms with Crippen LogP contribution in [0, 0.1) is 11.8 Å². The second-order valence-corrected chi connectivity index (χ2v) is 17.7. The molecule has 6 rings (SSSR count). The van der Waals surface area contributed by atoms with Crippen LogP contribution in [0.15, 0.2) is 68.7 Å². The lowest BCUT2D eigenvalue weighted by Crippen LogP contribution is -2.45. The van der Waals surface area contributed by atoms with E-state index in [9.17, 15) is 16.8 Å². The minimum absolute atomic E-state index is 0.0239. The Hall–Kier alpha value is -2.50. The molecular formula is C30H38Br2N8O4S2. The van der Waals surface area contributed by atoms with Gasteiger partial charge in [0.05, 0.1) is 21.5 Å². The second-order valence-electron chi connectivity index (χ2n) is 12.3. The Kier molecular flexibility index (Phi) is 9.84. The van der Waals surface area contributed by atoms with Crippen molar-refractivity contribution in [3.05, 3.63) is 63.8 Å². The number of aromatic nitrogens is 2. The van der Waals surface area contributed by atoms with Crippen LogP contribution in [0.5, 0.6) is 0 Å². The molecule has 2 saturated heterocycles. The van der Waals surface area contributed by atoms with E-state index in [-0.39, 0.29) is 16.7 Å². The van der Waals surface area contributed by atoms with Crippen molar-refractivity contribution < 1.29 is 16.8 Å². The monoisotopic (exact) mass is 796 g/mol. The van der Waals surface area contributed by atoms with Gasteiger partial charge in [-0.1, -0.05) is 18.2 Å². The molecule has 3 aliphatic rings. The molecule has 1 aliphatic carbocycles. The third-order valence-corrected chi connectivity index (χ3v) is 12.9. The molecule has 0 bridgehead atoms. The Morgan fingerprint density at radius 2 is 1.30 bits per heavy atom. The molecule has 248 valence electrons. The van der Waals surface area contributed by atoms with E-state index in [1.54, 1.807) is 54.9 Å². The first-order chi connectivity index (χ1) is 21.9. The first-order valence-corrected chi connectivity index (χ1v) is 19.8. The Balaban J connectivity index is 1.20. The van der Waals surface area contributed by atoms with Crippen LogP contribution in [-0.4, -0.2) is 108 Å². The van der Waals surface area contributed by atoms with Crippen LogP contribution in [0.3, 0.4) is 0 Å². The van der Waals surface area contributed by atoms with Crippen LogP contribution in [0.25, 0.3) is 0 Å². The molecule has 16 heteroatoms. The van der Waals surface area contributed by atoms with Gasteiger partial charge in [-0.3, -0.25) is 9.44 Å². The Morgan fingerprint density at radius 1 is 0.739 bits per heavy atom. The van der Waals surface area contributed by atoms with Crippen LogP contribution in [-0.2, 0) is 20.0 Å². The van der Waals surface area contributed by atoms with Crippen LogP contribution >= 0.6 is 31.9 Å². The lowest BCUT2D eigenvalue weighted by atomic mass is 10.0. The molecule has 3 fully saturated rings. The van der Waals surface area contributed by atoms with Gasteiger partial charge >= 0.3 is 0 Å². The fourth-order valence-corrected chi connectivity index (χ4v) is 9.79. The molecule has 3 unspecified atom stereocenters.